The zero-order valence-electron chi connectivity index (χ0n) is 13.1. The molecule has 0 aliphatic carbocycles. The Bertz CT molecular complexity index is 816. The minimum atomic E-state index is 0.0298. The molecule has 0 aliphatic heterocycles. The zero-order chi connectivity index (χ0) is 17.4. The summed E-state index contributed by atoms with van der Waals surface area (Å²) in [5.74, 6) is 1.12. The van der Waals surface area contributed by atoms with E-state index in [4.69, 9.17) is 31.6 Å². The normalized spacial score (nSPS) is 9.50. The fraction of sp³-hybridized carbons (Fsp3) is 0.158. The number of rotatable bonds is 6. The average Bonchev–Trinajstić information content (AvgIpc) is 2.60. The highest BCUT2D eigenvalue weighted by Crippen LogP contribution is 2.30. The van der Waals surface area contributed by atoms with E-state index in [9.17, 15) is 0 Å². The van der Waals surface area contributed by atoms with Crippen LogP contribution in [0.2, 0.25) is 5.02 Å². The van der Waals surface area contributed by atoms with Gasteiger partial charge >= 0.3 is 0 Å². The Labute approximate surface area is 146 Å². The third kappa shape index (κ3) is 4.52. The van der Waals surface area contributed by atoms with Crippen LogP contribution in [-0.4, -0.2) is 6.61 Å². The second-order valence-electron chi connectivity index (χ2n) is 4.80. The molecule has 0 N–H and O–H groups in total. The topological polar surface area (TPSA) is 66.0 Å². The molecule has 0 saturated heterocycles. The van der Waals surface area contributed by atoms with E-state index in [1.165, 1.54) is 6.08 Å². The number of ether oxygens (including phenoxy) is 2. The molecule has 0 amide bonds. The molecule has 0 heterocycles. The maximum atomic E-state index is 8.84. The molecule has 4 nitrogen and oxygen atoms in total. The van der Waals surface area contributed by atoms with Crippen molar-refractivity contribution in [3.63, 3.8) is 0 Å². The van der Waals surface area contributed by atoms with Crippen molar-refractivity contribution in [2.45, 2.75) is 13.5 Å². The van der Waals surface area contributed by atoms with Crippen molar-refractivity contribution >= 4 is 17.7 Å². The number of halogens is 1. The van der Waals surface area contributed by atoms with E-state index in [-0.39, 0.29) is 5.57 Å². The summed E-state index contributed by atoms with van der Waals surface area (Å²) in [6, 6.07) is 16.4. The van der Waals surface area contributed by atoms with Gasteiger partial charge in [-0.05, 0) is 36.8 Å². The summed E-state index contributed by atoms with van der Waals surface area (Å²) in [7, 11) is 0. The first-order chi connectivity index (χ1) is 11.7. The SMILES string of the molecule is CCOc1cc(C=C(C#N)C#N)ccc1OCc1ccccc1Cl. The molecule has 0 atom stereocenters. The van der Waals surface area contributed by atoms with E-state index in [1.807, 2.05) is 43.3 Å². The molecule has 2 aromatic carbocycles. The molecule has 5 heteroatoms. The standard InChI is InChI=1S/C19H15ClN2O2/c1-2-23-19-10-14(9-15(11-21)12-22)7-8-18(19)24-13-16-5-3-4-6-17(16)20/h3-10H,2,13H2,1H3. The summed E-state index contributed by atoms with van der Waals surface area (Å²) < 4.78 is 11.4. The lowest BCUT2D eigenvalue weighted by molar-refractivity contribution is 0.269. The summed E-state index contributed by atoms with van der Waals surface area (Å²) in [6.45, 7) is 2.66. The van der Waals surface area contributed by atoms with Crippen LogP contribution in [0.1, 0.15) is 18.1 Å². The Morgan fingerprint density at radius 3 is 2.50 bits per heavy atom. The van der Waals surface area contributed by atoms with Gasteiger partial charge in [-0.15, -0.1) is 0 Å². The lowest BCUT2D eigenvalue weighted by atomic mass is 10.1. The summed E-state index contributed by atoms with van der Waals surface area (Å²) in [6.07, 6.45) is 1.50. The third-order valence-corrected chi connectivity index (χ3v) is 3.53. The Hall–Kier alpha value is -2.95. The lowest BCUT2D eigenvalue weighted by Gasteiger charge is -2.13. The fourth-order valence-corrected chi connectivity index (χ4v) is 2.22. The molecule has 0 fully saturated rings. The molecule has 2 aromatic rings. The van der Waals surface area contributed by atoms with Crippen LogP contribution in [0.3, 0.4) is 0 Å². The molecule has 0 radical (unpaired) electrons. The van der Waals surface area contributed by atoms with Crippen LogP contribution >= 0.6 is 11.6 Å². The molecular formula is C19H15ClN2O2. The van der Waals surface area contributed by atoms with Gasteiger partial charge in [0.1, 0.15) is 24.3 Å². The second kappa shape index (κ2) is 8.62. The van der Waals surface area contributed by atoms with E-state index in [0.717, 1.165) is 5.56 Å². The Morgan fingerprint density at radius 2 is 1.83 bits per heavy atom. The predicted octanol–water partition coefficient (Wildman–Crippen LogP) is 4.75. The van der Waals surface area contributed by atoms with Gasteiger partial charge in [0.25, 0.3) is 0 Å². The fourth-order valence-electron chi connectivity index (χ4n) is 2.03. The van der Waals surface area contributed by atoms with Crippen LogP contribution in [0, 0.1) is 22.7 Å². The maximum Gasteiger partial charge on any atom is 0.161 e. The van der Waals surface area contributed by atoms with E-state index >= 15 is 0 Å². The van der Waals surface area contributed by atoms with Crippen LogP contribution in [0.5, 0.6) is 11.5 Å². The molecule has 0 aromatic heterocycles. The average molecular weight is 339 g/mol. The predicted molar refractivity (Wildman–Crippen MR) is 92.6 cm³/mol. The minimum Gasteiger partial charge on any atom is -0.490 e. The van der Waals surface area contributed by atoms with Gasteiger partial charge in [-0.1, -0.05) is 35.9 Å². The molecule has 2 rings (SSSR count). The van der Waals surface area contributed by atoms with Gasteiger partial charge in [-0.3, -0.25) is 0 Å². The highest BCUT2D eigenvalue weighted by atomic mass is 35.5. The van der Waals surface area contributed by atoms with Gasteiger partial charge in [0.05, 0.1) is 6.61 Å². The van der Waals surface area contributed by atoms with Crippen molar-refractivity contribution in [2.24, 2.45) is 0 Å². The summed E-state index contributed by atoms with van der Waals surface area (Å²) in [5, 5.41) is 18.3. The molecule has 0 unspecified atom stereocenters. The van der Waals surface area contributed by atoms with Crippen molar-refractivity contribution in [3.05, 3.63) is 64.2 Å². The quantitative estimate of drug-likeness (QED) is 0.713. The molecular weight excluding hydrogens is 324 g/mol. The van der Waals surface area contributed by atoms with E-state index < -0.39 is 0 Å². The van der Waals surface area contributed by atoms with Gasteiger partial charge in [0.15, 0.2) is 11.5 Å². The summed E-state index contributed by atoms with van der Waals surface area (Å²) in [5.41, 5.74) is 1.60. The Balaban J connectivity index is 2.24. The van der Waals surface area contributed by atoms with Crippen LogP contribution < -0.4 is 9.47 Å². The van der Waals surface area contributed by atoms with Gasteiger partial charge in [0.2, 0.25) is 0 Å². The largest absolute Gasteiger partial charge is 0.490 e. The molecule has 0 bridgehead atoms. The summed E-state index contributed by atoms with van der Waals surface area (Å²) >= 11 is 6.13. The number of hydrogen-bond donors (Lipinski definition) is 0. The summed E-state index contributed by atoms with van der Waals surface area (Å²) in [4.78, 5) is 0. The van der Waals surface area contributed by atoms with Crippen LogP contribution in [0.25, 0.3) is 6.08 Å². The van der Waals surface area contributed by atoms with Crippen LogP contribution in [-0.2, 0) is 6.61 Å². The Kier molecular flexibility index (Phi) is 6.25. The monoisotopic (exact) mass is 338 g/mol. The number of benzene rings is 2. The van der Waals surface area contributed by atoms with Crippen LogP contribution in [0.4, 0.5) is 0 Å². The minimum absolute atomic E-state index is 0.0298. The molecule has 0 saturated carbocycles. The van der Waals surface area contributed by atoms with Gasteiger partial charge in [0, 0.05) is 10.6 Å². The molecule has 0 spiro atoms. The van der Waals surface area contributed by atoms with Crippen molar-refractivity contribution in [1.29, 1.82) is 10.5 Å². The van der Waals surface area contributed by atoms with Crippen molar-refractivity contribution < 1.29 is 9.47 Å². The Morgan fingerprint density at radius 1 is 1.08 bits per heavy atom. The molecule has 120 valence electrons. The second-order valence-corrected chi connectivity index (χ2v) is 5.21. The number of nitriles is 2. The van der Waals surface area contributed by atoms with E-state index in [2.05, 4.69) is 0 Å². The maximum absolute atomic E-state index is 8.84. The van der Waals surface area contributed by atoms with Gasteiger partial charge < -0.3 is 9.47 Å². The smallest absolute Gasteiger partial charge is 0.161 e. The number of allylic oxidation sites excluding steroid dienone is 1. The highest BCUT2D eigenvalue weighted by molar-refractivity contribution is 6.31. The van der Waals surface area contributed by atoms with Gasteiger partial charge in [-0.2, -0.15) is 10.5 Å². The first kappa shape index (κ1) is 17.4. The lowest BCUT2D eigenvalue weighted by Crippen LogP contribution is -2.00. The number of nitrogens with zero attached hydrogens (tertiary/aromatic N) is 2. The first-order valence-corrected chi connectivity index (χ1v) is 7.70. The number of hydrogen-bond acceptors (Lipinski definition) is 4. The first-order valence-electron chi connectivity index (χ1n) is 7.33. The molecule has 0 aliphatic rings. The van der Waals surface area contributed by atoms with Gasteiger partial charge in [-0.25, -0.2) is 0 Å². The van der Waals surface area contributed by atoms with Crippen molar-refractivity contribution in [1.82, 2.24) is 0 Å². The van der Waals surface area contributed by atoms with Crippen molar-refractivity contribution in [3.8, 4) is 23.6 Å². The zero-order valence-corrected chi connectivity index (χ0v) is 13.9. The van der Waals surface area contributed by atoms with Crippen molar-refractivity contribution in [2.75, 3.05) is 6.61 Å². The van der Waals surface area contributed by atoms with E-state index in [0.29, 0.717) is 35.3 Å². The molecule has 24 heavy (non-hydrogen) atoms. The highest BCUT2D eigenvalue weighted by Gasteiger charge is 2.08. The third-order valence-electron chi connectivity index (χ3n) is 3.16. The van der Waals surface area contributed by atoms with E-state index in [1.54, 1.807) is 18.2 Å². The van der Waals surface area contributed by atoms with Crippen LogP contribution in [0.15, 0.2) is 48.0 Å².